The molecule has 0 heterocycles. The topological polar surface area (TPSA) is 61.4 Å². The lowest BCUT2D eigenvalue weighted by Crippen LogP contribution is -2.37. The molecule has 23 heavy (non-hydrogen) atoms. The quantitative estimate of drug-likeness (QED) is 0.625. The van der Waals surface area contributed by atoms with Gasteiger partial charge in [0.15, 0.2) is 4.90 Å². The first-order chi connectivity index (χ1) is 11.1. The third kappa shape index (κ3) is 5.39. The normalized spacial score (nSPS) is 13.3. The first-order valence-electron chi connectivity index (χ1n) is 7.40. The van der Waals surface area contributed by atoms with Gasteiger partial charge >= 0.3 is 5.97 Å². The Morgan fingerprint density at radius 1 is 1.13 bits per heavy atom. The highest BCUT2D eigenvalue weighted by atomic mass is 32.2. The van der Waals surface area contributed by atoms with Gasteiger partial charge in [-0.05, 0) is 47.9 Å². The summed E-state index contributed by atoms with van der Waals surface area (Å²) in [7, 11) is 1.75. The number of likely N-dealkylation sites (N-methyl/N-ethyl adjacent to an activating group) is 1. The van der Waals surface area contributed by atoms with Crippen molar-refractivity contribution in [2.45, 2.75) is 24.0 Å². The van der Waals surface area contributed by atoms with Gasteiger partial charge in [0.2, 0.25) is 0 Å². The van der Waals surface area contributed by atoms with E-state index in [1.54, 1.807) is 25.4 Å². The largest absolute Gasteiger partial charge is 0.612 e. The molecule has 2 atom stereocenters. The second kappa shape index (κ2) is 8.72. The van der Waals surface area contributed by atoms with E-state index in [4.69, 9.17) is 4.74 Å². The zero-order valence-corrected chi connectivity index (χ0v) is 14.1. The molecule has 2 rings (SSSR count). The molecule has 0 saturated carbocycles. The molecule has 2 aromatic carbocycles. The summed E-state index contributed by atoms with van der Waals surface area (Å²) >= 11 is -0.999. The van der Waals surface area contributed by atoms with Crippen LogP contribution in [0.15, 0.2) is 59.5 Å². The number of rotatable bonds is 7. The highest BCUT2D eigenvalue weighted by Crippen LogP contribution is 2.12. The molecule has 1 N–H and O–H groups in total. The number of esters is 1. The van der Waals surface area contributed by atoms with Gasteiger partial charge in [-0.3, -0.25) is 4.79 Å². The minimum Gasteiger partial charge on any atom is -0.612 e. The maximum Gasteiger partial charge on any atom is 0.323 e. The van der Waals surface area contributed by atoms with E-state index < -0.39 is 11.2 Å². The van der Waals surface area contributed by atoms with Crippen molar-refractivity contribution in [3.8, 4) is 0 Å². The number of nitrogens with one attached hydrogen (secondary N) is 1. The third-order valence-corrected chi connectivity index (χ3v) is 4.49. The summed E-state index contributed by atoms with van der Waals surface area (Å²) in [5.41, 5.74) is 1.96. The van der Waals surface area contributed by atoms with Crippen LogP contribution in [0, 0.1) is 0 Å². The van der Waals surface area contributed by atoms with Crippen molar-refractivity contribution in [3.05, 3.63) is 65.7 Å². The monoisotopic (exact) mass is 331 g/mol. The standard InChI is InChI=1S/C18H21NO3S/c1-19-17(12-14-6-4-3-5-7-14)18(20)22-13-15-8-10-16(11-9-15)23(2)21/h3-11,17,19H,12-13H2,1-2H3. The minimum atomic E-state index is -0.999. The van der Waals surface area contributed by atoms with Crippen LogP contribution in [0.5, 0.6) is 0 Å². The Balaban J connectivity index is 1.89. The van der Waals surface area contributed by atoms with Crippen molar-refractivity contribution in [1.29, 1.82) is 0 Å². The molecular weight excluding hydrogens is 310 g/mol. The molecule has 0 aliphatic rings. The van der Waals surface area contributed by atoms with Crippen molar-refractivity contribution >= 4 is 17.1 Å². The Bertz CT molecular complexity index is 614. The molecular formula is C18H21NO3S. The van der Waals surface area contributed by atoms with Crippen LogP contribution in [0.2, 0.25) is 0 Å². The first-order valence-corrected chi connectivity index (χ1v) is 8.96. The van der Waals surface area contributed by atoms with Crippen LogP contribution < -0.4 is 5.32 Å². The lowest BCUT2D eigenvalue weighted by molar-refractivity contribution is -0.147. The Labute approximate surface area is 140 Å². The van der Waals surface area contributed by atoms with Gasteiger partial charge in [0.25, 0.3) is 0 Å². The fraction of sp³-hybridized carbons (Fsp3) is 0.278. The van der Waals surface area contributed by atoms with E-state index in [1.807, 2.05) is 42.5 Å². The number of carbonyl (C=O) groups is 1. The molecule has 0 amide bonds. The zero-order chi connectivity index (χ0) is 16.7. The summed E-state index contributed by atoms with van der Waals surface area (Å²) in [6.07, 6.45) is 2.22. The molecule has 2 aromatic rings. The summed E-state index contributed by atoms with van der Waals surface area (Å²) in [6, 6.07) is 16.7. The Morgan fingerprint density at radius 2 is 1.78 bits per heavy atom. The molecule has 0 aliphatic carbocycles. The number of benzene rings is 2. The van der Waals surface area contributed by atoms with E-state index in [0.717, 1.165) is 16.0 Å². The van der Waals surface area contributed by atoms with Gasteiger partial charge in [-0.2, -0.15) is 0 Å². The van der Waals surface area contributed by atoms with Gasteiger partial charge in [0.1, 0.15) is 18.9 Å². The van der Waals surface area contributed by atoms with E-state index in [2.05, 4.69) is 5.32 Å². The maximum atomic E-state index is 12.2. The molecule has 5 heteroatoms. The fourth-order valence-electron chi connectivity index (χ4n) is 2.19. The second-order valence-corrected chi connectivity index (χ2v) is 6.62. The molecule has 0 bridgehead atoms. The summed E-state index contributed by atoms with van der Waals surface area (Å²) in [4.78, 5) is 13.0. The first kappa shape index (κ1) is 17.5. The highest BCUT2D eigenvalue weighted by molar-refractivity contribution is 7.90. The summed E-state index contributed by atoms with van der Waals surface area (Å²) in [6.45, 7) is 0.211. The molecule has 2 unspecified atom stereocenters. The predicted octanol–water partition coefficient (Wildman–Crippen LogP) is 2.30. The van der Waals surface area contributed by atoms with Crippen molar-refractivity contribution in [1.82, 2.24) is 5.32 Å². The van der Waals surface area contributed by atoms with Crippen LogP contribution in [-0.4, -0.2) is 29.9 Å². The van der Waals surface area contributed by atoms with Crippen LogP contribution in [0.25, 0.3) is 0 Å². The smallest absolute Gasteiger partial charge is 0.323 e. The lowest BCUT2D eigenvalue weighted by atomic mass is 10.1. The van der Waals surface area contributed by atoms with Crippen LogP contribution in [0.1, 0.15) is 11.1 Å². The lowest BCUT2D eigenvalue weighted by Gasteiger charge is -2.15. The average Bonchev–Trinajstić information content (AvgIpc) is 2.58. The SMILES string of the molecule is CNC(Cc1ccccc1)C(=O)OCc1ccc([S+](C)[O-])cc1. The third-order valence-electron chi connectivity index (χ3n) is 3.55. The van der Waals surface area contributed by atoms with Crippen LogP contribution >= 0.6 is 0 Å². The van der Waals surface area contributed by atoms with Gasteiger partial charge in [-0.15, -0.1) is 0 Å². The molecule has 0 saturated heterocycles. The van der Waals surface area contributed by atoms with Gasteiger partial charge < -0.3 is 14.6 Å². The van der Waals surface area contributed by atoms with Crippen LogP contribution in [0.4, 0.5) is 0 Å². The van der Waals surface area contributed by atoms with Crippen LogP contribution in [0.3, 0.4) is 0 Å². The van der Waals surface area contributed by atoms with Gasteiger partial charge in [-0.25, -0.2) is 0 Å². The van der Waals surface area contributed by atoms with Crippen molar-refractivity contribution in [2.24, 2.45) is 0 Å². The van der Waals surface area contributed by atoms with Gasteiger partial charge in [0.05, 0.1) is 0 Å². The number of hydrogen-bond acceptors (Lipinski definition) is 4. The van der Waals surface area contributed by atoms with E-state index in [-0.39, 0.29) is 18.6 Å². The molecule has 0 aliphatic heterocycles. The number of ether oxygens (including phenoxy) is 1. The summed E-state index contributed by atoms with van der Waals surface area (Å²) in [5, 5.41) is 3.00. The number of carbonyl (C=O) groups excluding carboxylic acids is 1. The van der Waals surface area contributed by atoms with Gasteiger partial charge in [-0.1, -0.05) is 42.5 Å². The van der Waals surface area contributed by atoms with Crippen molar-refractivity contribution < 1.29 is 14.1 Å². The predicted molar refractivity (Wildman–Crippen MR) is 91.6 cm³/mol. The highest BCUT2D eigenvalue weighted by Gasteiger charge is 2.18. The fourth-order valence-corrected chi connectivity index (χ4v) is 2.70. The van der Waals surface area contributed by atoms with Crippen LogP contribution in [-0.2, 0) is 33.7 Å². The van der Waals surface area contributed by atoms with Gasteiger partial charge in [0, 0.05) is 0 Å². The number of hydrogen-bond donors (Lipinski definition) is 1. The summed E-state index contributed by atoms with van der Waals surface area (Å²) in [5.74, 6) is -0.278. The average molecular weight is 331 g/mol. The Hall–Kier alpha value is -1.82. The zero-order valence-electron chi connectivity index (χ0n) is 13.3. The van der Waals surface area contributed by atoms with E-state index >= 15 is 0 Å². The summed E-state index contributed by atoms with van der Waals surface area (Å²) < 4.78 is 16.7. The molecule has 0 fully saturated rings. The molecule has 0 radical (unpaired) electrons. The second-order valence-electron chi connectivity index (χ2n) is 5.24. The van der Waals surface area contributed by atoms with E-state index in [1.165, 1.54) is 0 Å². The maximum absolute atomic E-state index is 12.2. The Morgan fingerprint density at radius 3 is 2.35 bits per heavy atom. The Kier molecular flexibility index (Phi) is 6.65. The molecule has 4 nitrogen and oxygen atoms in total. The minimum absolute atomic E-state index is 0.211. The van der Waals surface area contributed by atoms with E-state index in [0.29, 0.717) is 6.42 Å². The molecule has 122 valence electrons. The van der Waals surface area contributed by atoms with Crippen molar-refractivity contribution in [3.63, 3.8) is 0 Å². The molecule has 0 aromatic heterocycles. The molecule has 0 spiro atoms. The van der Waals surface area contributed by atoms with E-state index in [9.17, 15) is 9.35 Å². The van der Waals surface area contributed by atoms with Crippen molar-refractivity contribution in [2.75, 3.05) is 13.3 Å².